The molecule has 1 aromatic heterocycles. The number of methoxy groups -OCH3 is 1. The molecular weight excluding hydrogens is 544 g/mol. The fourth-order valence-electron chi connectivity index (χ4n) is 7.38. The number of allylic oxidation sites excluding steroid dienone is 1. The van der Waals surface area contributed by atoms with Gasteiger partial charge in [-0.15, -0.1) is 0 Å². The van der Waals surface area contributed by atoms with Crippen LogP contribution in [0.4, 0.5) is 5.69 Å². The fourth-order valence-corrected chi connectivity index (χ4v) is 7.38. The van der Waals surface area contributed by atoms with Crippen LogP contribution < -0.4 is 5.32 Å². The number of ether oxygens (including phenoxy) is 3. The molecule has 1 amide bonds. The Hall–Kier alpha value is -3.25. The van der Waals surface area contributed by atoms with Crippen molar-refractivity contribution in [1.29, 1.82) is 0 Å². The number of fused-ring (bicyclic) bond motifs is 5. The maximum Gasteiger partial charge on any atom is 0.355 e. The van der Waals surface area contributed by atoms with Crippen molar-refractivity contribution in [1.82, 2.24) is 4.98 Å². The van der Waals surface area contributed by atoms with Gasteiger partial charge in [0.2, 0.25) is 5.91 Å². The summed E-state index contributed by atoms with van der Waals surface area (Å²) in [5.41, 5.74) is 1.18. The summed E-state index contributed by atoms with van der Waals surface area (Å²) in [5, 5.41) is 37.0. The largest absolute Gasteiger partial charge is 0.457 e. The van der Waals surface area contributed by atoms with Gasteiger partial charge in [0.05, 0.1) is 23.5 Å². The van der Waals surface area contributed by atoms with Crippen molar-refractivity contribution >= 4 is 23.5 Å². The number of hydrogen-bond acceptors (Lipinski definition) is 9. The molecule has 42 heavy (non-hydrogen) atoms. The van der Waals surface area contributed by atoms with Gasteiger partial charge in [-0.2, -0.15) is 0 Å². The highest BCUT2D eigenvalue weighted by atomic mass is 16.6. The Morgan fingerprint density at radius 2 is 1.95 bits per heavy atom. The minimum atomic E-state index is -1.48. The molecule has 0 saturated heterocycles. The number of aromatic nitrogens is 1. The van der Waals surface area contributed by atoms with Crippen molar-refractivity contribution in [2.45, 2.75) is 77.2 Å². The molecule has 0 radical (unpaired) electrons. The molecule has 1 aliphatic heterocycles. The van der Waals surface area contributed by atoms with Crippen LogP contribution in [0, 0.1) is 29.6 Å². The topological polar surface area (TPSA) is 167 Å². The number of cyclic esters (lactones) is 1. The molecule has 4 aliphatic rings. The fraction of sp³-hybridized carbons (Fsp3) is 0.581. The molecule has 1 aromatic rings. The normalized spacial score (nSPS) is 39.5. The zero-order chi connectivity index (χ0) is 30.7. The molecule has 0 fully saturated rings. The monoisotopic (exact) mass is 584 g/mol. The Bertz CT molecular complexity index is 1360. The Balaban J connectivity index is 1.50. The van der Waals surface area contributed by atoms with E-state index in [1.165, 1.54) is 26.3 Å². The zero-order valence-electron chi connectivity index (χ0n) is 24.7. The van der Waals surface area contributed by atoms with E-state index in [2.05, 4.69) is 10.3 Å². The summed E-state index contributed by atoms with van der Waals surface area (Å²) in [6, 6.07) is 1.49. The van der Waals surface area contributed by atoms with Crippen LogP contribution in [-0.2, 0) is 23.8 Å². The lowest BCUT2D eigenvalue weighted by Crippen LogP contribution is -2.58. The summed E-state index contributed by atoms with van der Waals surface area (Å²) in [7, 11) is 1.41. The van der Waals surface area contributed by atoms with Gasteiger partial charge >= 0.3 is 11.9 Å². The number of carbonyl (C=O) groups excluding carboxylic acids is 3. The molecular formula is C31H40N2O9. The molecule has 2 heterocycles. The number of rotatable bonds is 5. The van der Waals surface area contributed by atoms with Crippen LogP contribution in [0.3, 0.4) is 0 Å². The number of aliphatic hydroxyl groups is 3. The highest BCUT2D eigenvalue weighted by Gasteiger charge is 2.64. The average Bonchev–Trinajstić information content (AvgIpc) is 3.44. The predicted octanol–water partition coefficient (Wildman–Crippen LogP) is 2.26. The lowest BCUT2D eigenvalue weighted by Gasteiger charge is -2.55. The number of H-pyrrole nitrogens is 1. The molecule has 2 unspecified atom stereocenters. The van der Waals surface area contributed by atoms with E-state index >= 15 is 0 Å². The molecule has 11 atom stereocenters. The van der Waals surface area contributed by atoms with Crippen molar-refractivity contribution in [3.8, 4) is 0 Å². The van der Waals surface area contributed by atoms with Crippen LogP contribution in [0.2, 0.25) is 0 Å². The van der Waals surface area contributed by atoms with Gasteiger partial charge in [-0.3, -0.25) is 4.79 Å². The van der Waals surface area contributed by atoms with Crippen molar-refractivity contribution in [2.75, 3.05) is 12.4 Å². The molecule has 5 N–H and O–H groups in total. The van der Waals surface area contributed by atoms with Crippen molar-refractivity contribution in [2.24, 2.45) is 29.6 Å². The van der Waals surface area contributed by atoms with E-state index in [0.717, 1.165) is 5.57 Å². The van der Waals surface area contributed by atoms with E-state index in [1.54, 1.807) is 13.8 Å². The summed E-state index contributed by atoms with van der Waals surface area (Å²) in [6.45, 7) is 8.36. The Labute approximate surface area is 244 Å². The maximum atomic E-state index is 13.1. The zero-order valence-corrected chi connectivity index (χ0v) is 24.7. The van der Waals surface area contributed by atoms with Crippen LogP contribution in [0.5, 0.6) is 0 Å². The van der Waals surface area contributed by atoms with Gasteiger partial charge in [-0.1, -0.05) is 32.1 Å². The van der Waals surface area contributed by atoms with E-state index < -0.39 is 71.7 Å². The second-order valence-corrected chi connectivity index (χ2v) is 12.2. The first-order valence-corrected chi connectivity index (χ1v) is 14.4. The number of esters is 2. The van der Waals surface area contributed by atoms with Crippen LogP contribution in [0.1, 0.15) is 51.5 Å². The summed E-state index contributed by atoms with van der Waals surface area (Å²) < 4.78 is 17.1. The summed E-state index contributed by atoms with van der Waals surface area (Å²) >= 11 is 0. The number of amides is 1. The van der Waals surface area contributed by atoms with Gasteiger partial charge < -0.3 is 39.8 Å². The quantitative estimate of drug-likeness (QED) is 0.258. The molecule has 11 heteroatoms. The molecule has 5 rings (SSSR count). The van der Waals surface area contributed by atoms with Gasteiger partial charge in [-0.05, 0) is 43.1 Å². The maximum absolute atomic E-state index is 13.1. The molecule has 0 spiro atoms. The first-order valence-electron chi connectivity index (χ1n) is 14.4. The SMILES string of the molecule is CO[C@H]1C[C@H]2C=CC3C4=C(C3[C@]2(O)/C(C)=C/[C@@H](C)[C@@H]([C@@H](C)O)OC1=O)[C@H](O)[C@@H](C)[C@H]4OC(=O)c1cc(NC(C)=O)c[nH]1. The van der Waals surface area contributed by atoms with E-state index in [4.69, 9.17) is 14.2 Å². The molecule has 0 saturated carbocycles. The molecule has 0 aromatic carbocycles. The number of carbonyl (C=O) groups is 3. The highest BCUT2D eigenvalue weighted by Crippen LogP contribution is 2.62. The number of aliphatic hydroxyl groups excluding tert-OH is 2. The molecule has 3 aliphatic carbocycles. The number of hydrogen-bond donors (Lipinski definition) is 5. The minimum absolute atomic E-state index is 0.133. The van der Waals surface area contributed by atoms with E-state index in [1.807, 2.05) is 32.1 Å². The molecule has 11 nitrogen and oxygen atoms in total. The third-order valence-electron chi connectivity index (χ3n) is 9.44. The second-order valence-electron chi connectivity index (χ2n) is 12.2. The minimum Gasteiger partial charge on any atom is -0.457 e. The Kier molecular flexibility index (Phi) is 7.99. The van der Waals surface area contributed by atoms with Gasteiger partial charge in [0.25, 0.3) is 0 Å². The molecule has 0 bridgehead atoms. The number of aromatic amines is 1. The number of anilines is 1. The lowest BCUT2D eigenvalue weighted by molar-refractivity contribution is -0.171. The molecule has 228 valence electrons. The van der Waals surface area contributed by atoms with Crippen LogP contribution >= 0.6 is 0 Å². The smallest absolute Gasteiger partial charge is 0.355 e. The number of nitrogens with one attached hydrogen (secondary N) is 2. The van der Waals surface area contributed by atoms with Crippen LogP contribution in [0.15, 0.2) is 47.2 Å². The first-order chi connectivity index (χ1) is 19.8. The predicted molar refractivity (Wildman–Crippen MR) is 151 cm³/mol. The average molecular weight is 585 g/mol. The van der Waals surface area contributed by atoms with Crippen LogP contribution in [-0.4, -0.2) is 81.4 Å². The summed E-state index contributed by atoms with van der Waals surface area (Å²) in [6.07, 6.45) is 2.86. The Morgan fingerprint density at radius 1 is 1.24 bits per heavy atom. The van der Waals surface area contributed by atoms with Crippen molar-refractivity contribution < 1.29 is 43.9 Å². The van der Waals surface area contributed by atoms with Gasteiger partial charge in [0, 0.05) is 49.8 Å². The van der Waals surface area contributed by atoms with E-state index in [0.29, 0.717) is 16.8 Å². The second kappa shape index (κ2) is 11.1. The van der Waals surface area contributed by atoms with Gasteiger partial charge in [0.1, 0.15) is 17.9 Å². The lowest BCUT2D eigenvalue weighted by atomic mass is 9.52. The third-order valence-corrected chi connectivity index (χ3v) is 9.44. The van der Waals surface area contributed by atoms with Crippen molar-refractivity contribution in [3.63, 3.8) is 0 Å². The van der Waals surface area contributed by atoms with Crippen molar-refractivity contribution in [3.05, 3.63) is 52.9 Å². The summed E-state index contributed by atoms with van der Waals surface area (Å²) in [5.74, 6) is -3.74. The van der Waals surface area contributed by atoms with Crippen LogP contribution in [0.25, 0.3) is 0 Å². The van der Waals surface area contributed by atoms with E-state index in [-0.39, 0.29) is 23.9 Å². The standard InChI is InChI=1S/C31H40N2O9/c1-13-9-14(2)31(39)18(10-22(40-6)30(38)41-27(13)16(4)34)7-8-20-23-24(25(20)31)26(36)15(3)28(23)42-29(37)21-11-19(12-32-21)33-17(5)35/h7-9,11-13,15-16,18,20,22,25-28,32,34,36,39H,10H2,1-6H3,(H,33,35)/b14-9+/t13-,15-,16-,18-,20?,22+,25?,26-,27+,28-,31+/m1/s1. The first kappa shape index (κ1) is 30.2. The highest BCUT2D eigenvalue weighted by molar-refractivity contribution is 5.93. The van der Waals surface area contributed by atoms with Gasteiger partial charge in [0.15, 0.2) is 6.10 Å². The Morgan fingerprint density at radius 3 is 2.60 bits per heavy atom. The van der Waals surface area contributed by atoms with E-state index in [9.17, 15) is 29.7 Å². The summed E-state index contributed by atoms with van der Waals surface area (Å²) in [4.78, 5) is 40.3. The third kappa shape index (κ3) is 4.82. The van der Waals surface area contributed by atoms with Gasteiger partial charge in [-0.25, -0.2) is 9.59 Å².